The van der Waals surface area contributed by atoms with E-state index in [2.05, 4.69) is 55.4 Å². The van der Waals surface area contributed by atoms with Gasteiger partial charge in [-0.3, -0.25) is 0 Å². The van der Waals surface area contributed by atoms with E-state index in [4.69, 9.17) is 9.31 Å². The molecule has 0 unspecified atom stereocenters. The third-order valence-electron chi connectivity index (χ3n) is 5.30. The number of hydrogen-bond donors (Lipinski definition) is 0. The lowest BCUT2D eigenvalue weighted by molar-refractivity contribution is 0.00578. The average Bonchev–Trinajstić information content (AvgIpc) is 2.55. The third kappa shape index (κ3) is 5.38. The van der Waals surface area contributed by atoms with Crippen molar-refractivity contribution in [3.05, 3.63) is 0 Å². The minimum absolute atomic E-state index is 0.0330. The maximum atomic E-state index is 6.37. The third-order valence-corrected chi connectivity index (χ3v) is 8.92. The SMILES string of the molecule is CCCCCCCC[Si](B1OC(C)(C)C(C)(C)O1)C(C)(C)C. The summed E-state index contributed by atoms with van der Waals surface area (Å²) in [7, 11) is -0.715. The van der Waals surface area contributed by atoms with Crippen LogP contribution in [-0.4, -0.2) is 26.6 Å². The summed E-state index contributed by atoms with van der Waals surface area (Å²) in [4.78, 5) is 0. The van der Waals surface area contributed by atoms with Crippen LogP contribution in [-0.2, 0) is 9.31 Å². The second-order valence-corrected chi connectivity index (χ2v) is 12.4. The highest BCUT2D eigenvalue weighted by atomic mass is 28.3. The molecule has 1 rings (SSSR count). The standard InChI is InChI=1S/C18H38BO2Si/c1-9-10-11-12-13-14-15-22(16(2,3)4)19-20-17(5,6)18(7,8)21-19/h9-15H2,1-8H3. The van der Waals surface area contributed by atoms with E-state index < -0.39 is 8.67 Å². The zero-order valence-corrected chi connectivity index (χ0v) is 17.3. The van der Waals surface area contributed by atoms with Crippen molar-refractivity contribution in [3.63, 3.8) is 0 Å². The predicted octanol–water partition coefficient (Wildman–Crippen LogP) is 5.81. The van der Waals surface area contributed by atoms with Crippen molar-refractivity contribution in [3.8, 4) is 0 Å². The first-order valence-corrected chi connectivity index (χ1v) is 11.0. The second kappa shape index (κ2) is 7.85. The van der Waals surface area contributed by atoms with Crippen LogP contribution in [0.4, 0.5) is 0 Å². The lowest BCUT2D eigenvalue weighted by Crippen LogP contribution is -2.45. The fourth-order valence-corrected chi connectivity index (χ4v) is 6.12. The minimum Gasteiger partial charge on any atom is -0.406 e. The van der Waals surface area contributed by atoms with E-state index in [-0.39, 0.29) is 17.9 Å². The van der Waals surface area contributed by atoms with Crippen LogP contribution < -0.4 is 0 Å². The molecule has 4 heteroatoms. The van der Waals surface area contributed by atoms with Crippen LogP contribution in [0.2, 0.25) is 11.1 Å². The van der Waals surface area contributed by atoms with Gasteiger partial charge in [0.2, 0.25) is 0 Å². The van der Waals surface area contributed by atoms with Crippen LogP contribution in [0.5, 0.6) is 0 Å². The summed E-state index contributed by atoms with van der Waals surface area (Å²) in [6.07, 6.45) is 8.18. The Morgan fingerprint density at radius 3 is 1.73 bits per heavy atom. The highest BCUT2D eigenvalue weighted by Crippen LogP contribution is 2.42. The van der Waals surface area contributed by atoms with E-state index in [0.29, 0.717) is 5.04 Å². The Balaban J connectivity index is 2.56. The zero-order chi connectivity index (χ0) is 17.0. The Hall–Kier alpha value is 0.202. The summed E-state index contributed by atoms with van der Waals surface area (Å²) < 4.78 is 12.7. The molecule has 129 valence electrons. The van der Waals surface area contributed by atoms with E-state index in [1.807, 2.05) is 0 Å². The molecule has 0 bridgehead atoms. The highest BCUT2D eigenvalue weighted by molar-refractivity contribution is 7.18. The van der Waals surface area contributed by atoms with Gasteiger partial charge in [-0.05, 0) is 32.7 Å². The number of rotatable bonds is 8. The van der Waals surface area contributed by atoms with Gasteiger partial charge in [0.05, 0.1) is 11.2 Å². The summed E-state index contributed by atoms with van der Waals surface area (Å²) in [5, 5.41) is 0.315. The quantitative estimate of drug-likeness (QED) is 0.414. The smallest absolute Gasteiger partial charge is 0.406 e. The largest absolute Gasteiger partial charge is 0.431 e. The molecule has 0 aromatic carbocycles. The van der Waals surface area contributed by atoms with Gasteiger partial charge in [-0.2, -0.15) is 0 Å². The molecular formula is C18H38BO2Si. The van der Waals surface area contributed by atoms with Crippen LogP contribution in [0.3, 0.4) is 0 Å². The molecule has 2 nitrogen and oxygen atoms in total. The van der Waals surface area contributed by atoms with Gasteiger partial charge >= 0.3 is 6.71 Å². The molecule has 0 atom stereocenters. The van der Waals surface area contributed by atoms with Crippen LogP contribution in [0, 0.1) is 0 Å². The molecule has 0 aromatic heterocycles. The summed E-state index contributed by atoms with van der Waals surface area (Å²) in [6.45, 7) is 18.1. The molecule has 0 spiro atoms. The summed E-state index contributed by atoms with van der Waals surface area (Å²) in [5.41, 5.74) is -0.389. The van der Waals surface area contributed by atoms with Crippen molar-refractivity contribution in [2.75, 3.05) is 0 Å². The van der Waals surface area contributed by atoms with Crippen molar-refractivity contribution in [1.82, 2.24) is 0 Å². The van der Waals surface area contributed by atoms with Gasteiger partial charge in [-0.25, -0.2) is 0 Å². The molecule has 0 amide bonds. The minimum atomic E-state index is -0.715. The molecule has 0 aliphatic carbocycles. The average molecular weight is 325 g/mol. The molecule has 1 aliphatic rings. The molecule has 1 fully saturated rings. The molecule has 0 N–H and O–H groups in total. The molecule has 22 heavy (non-hydrogen) atoms. The molecule has 1 saturated heterocycles. The molecule has 0 saturated carbocycles. The Kier molecular flexibility index (Phi) is 7.22. The van der Waals surface area contributed by atoms with E-state index in [1.165, 1.54) is 44.6 Å². The van der Waals surface area contributed by atoms with E-state index in [9.17, 15) is 0 Å². The highest BCUT2D eigenvalue weighted by Gasteiger charge is 2.55. The Labute approximate surface area is 141 Å². The lowest BCUT2D eigenvalue weighted by atomic mass is 9.90. The van der Waals surface area contributed by atoms with Crippen molar-refractivity contribution in [2.24, 2.45) is 0 Å². The topological polar surface area (TPSA) is 18.5 Å². The molecule has 1 aliphatic heterocycles. The molecule has 1 heterocycles. The number of hydrogen-bond acceptors (Lipinski definition) is 2. The monoisotopic (exact) mass is 325 g/mol. The van der Waals surface area contributed by atoms with Crippen LogP contribution in [0.15, 0.2) is 0 Å². The van der Waals surface area contributed by atoms with E-state index >= 15 is 0 Å². The van der Waals surface area contributed by atoms with Crippen LogP contribution >= 0.6 is 0 Å². The van der Waals surface area contributed by atoms with Crippen molar-refractivity contribution < 1.29 is 9.31 Å². The van der Waals surface area contributed by atoms with Crippen molar-refractivity contribution in [1.29, 1.82) is 0 Å². The lowest BCUT2D eigenvalue weighted by Gasteiger charge is -2.32. The Bertz CT molecular complexity index is 320. The first-order chi connectivity index (χ1) is 10.0. The molecular weight excluding hydrogens is 287 g/mol. The normalized spacial score (nSPS) is 20.9. The second-order valence-electron chi connectivity index (χ2n) is 8.88. The van der Waals surface area contributed by atoms with Crippen molar-refractivity contribution >= 4 is 15.4 Å². The maximum absolute atomic E-state index is 6.37. The van der Waals surface area contributed by atoms with Gasteiger partial charge in [0.25, 0.3) is 0 Å². The van der Waals surface area contributed by atoms with E-state index in [0.717, 1.165) is 0 Å². The van der Waals surface area contributed by atoms with Gasteiger partial charge in [0.1, 0.15) is 8.67 Å². The van der Waals surface area contributed by atoms with Crippen LogP contribution in [0.1, 0.15) is 93.9 Å². The van der Waals surface area contributed by atoms with Crippen molar-refractivity contribution in [2.45, 2.75) is 116 Å². The fourth-order valence-electron chi connectivity index (χ4n) is 2.93. The van der Waals surface area contributed by atoms with Gasteiger partial charge < -0.3 is 9.31 Å². The van der Waals surface area contributed by atoms with Gasteiger partial charge in [-0.15, -0.1) is 0 Å². The van der Waals surface area contributed by atoms with Crippen LogP contribution in [0.25, 0.3) is 0 Å². The van der Waals surface area contributed by atoms with Gasteiger partial charge in [-0.1, -0.05) is 72.3 Å². The summed E-state index contributed by atoms with van der Waals surface area (Å²) in [5.74, 6) is 0. The van der Waals surface area contributed by atoms with Gasteiger partial charge in [0.15, 0.2) is 0 Å². The maximum Gasteiger partial charge on any atom is 0.431 e. The first-order valence-electron chi connectivity index (χ1n) is 9.23. The Morgan fingerprint density at radius 1 is 0.818 bits per heavy atom. The summed E-state index contributed by atoms with van der Waals surface area (Å²) >= 11 is 0. The zero-order valence-electron chi connectivity index (χ0n) is 16.3. The van der Waals surface area contributed by atoms with Gasteiger partial charge in [0, 0.05) is 0 Å². The Morgan fingerprint density at radius 2 is 1.27 bits per heavy atom. The summed E-state index contributed by atoms with van der Waals surface area (Å²) in [6, 6.07) is 1.30. The number of unbranched alkanes of at least 4 members (excludes halogenated alkanes) is 5. The first kappa shape index (κ1) is 20.2. The van der Waals surface area contributed by atoms with E-state index in [1.54, 1.807) is 0 Å². The predicted molar refractivity (Wildman–Crippen MR) is 99.7 cm³/mol. The molecule has 0 aromatic rings. The fraction of sp³-hybridized carbons (Fsp3) is 1.00. The molecule has 1 radical (unpaired) electrons.